The molecule has 0 fully saturated rings. The summed E-state index contributed by atoms with van der Waals surface area (Å²) in [6, 6.07) is 20.7. The van der Waals surface area contributed by atoms with Gasteiger partial charge in [0.2, 0.25) is 0 Å². The second-order valence-electron chi connectivity index (χ2n) is 7.85. The molecule has 33 heavy (non-hydrogen) atoms. The average molecular weight is 632 g/mol. The van der Waals surface area contributed by atoms with Crippen LogP contribution in [0.1, 0.15) is 25.0 Å². The minimum absolute atomic E-state index is 0. The van der Waals surface area contributed by atoms with Crippen molar-refractivity contribution in [3.63, 3.8) is 0 Å². The molecule has 0 spiro atoms. The Morgan fingerprint density at radius 1 is 1.03 bits per heavy atom. The molecule has 0 bridgehead atoms. The Morgan fingerprint density at radius 3 is 2.33 bits per heavy atom. The van der Waals surface area contributed by atoms with Crippen molar-refractivity contribution < 1.29 is 30.0 Å². The van der Waals surface area contributed by atoms with Crippen LogP contribution in [0.4, 0.5) is 0 Å². The van der Waals surface area contributed by atoms with E-state index in [1.165, 1.54) is 46.3 Å². The van der Waals surface area contributed by atoms with Gasteiger partial charge in [-0.2, -0.15) is 0 Å². The first-order valence-corrected chi connectivity index (χ1v) is 11.1. The SMILES string of the molecule is CC(=O)/C=C(/C)O.Cc1[c-]c(-c2ncnc3sc4cc5ccccc5cc4c23)cc(C)c1.[Ir]. The summed E-state index contributed by atoms with van der Waals surface area (Å²) in [7, 11) is 0. The topological polar surface area (TPSA) is 63.1 Å². The number of hydrogen-bond donors (Lipinski definition) is 1. The Labute approximate surface area is 210 Å². The molecule has 1 N–H and O–H groups in total. The number of rotatable bonds is 2. The minimum Gasteiger partial charge on any atom is -0.512 e. The van der Waals surface area contributed by atoms with Crippen LogP contribution >= 0.6 is 11.3 Å². The summed E-state index contributed by atoms with van der Waals surface area (Å²) in [5.74, 6) is -0.0625. The molecule has 0 aliphatic carbocycles. The summed E-state index contributed by atoms with van der Waals surface area (Å²) >= 11 is 1.73. The molecule has 5 rings (SSSR count). The van der Waals surface area contributed by atoms with E-state index in [9.17, 15) is 4.79 Å². The van der Waals surface area contributed by atoms with Gasteiger partial charge in [0.05, 0.1) is 5.76 Å². The number of thiophene rings is 1. The molecule has 169 valence electrons. The smallest absolute Gasteiger partial charge is 0.155 e. The van der Waals surface area contributed by atoms with Gasteiger partial charge < -0.3 is 5.11 Å². The first-order valence-electron chi connectivity index (χ1n) is 10.3. The van der Waals surface area contributed by atoms with E-state index >= 15 is 0 Å². The Balaban J connectivity index is 0.000000337. The third-order valence-corrected chi connectivity index (χ3v) is 6.01. The predicted octanol–water partition coefficient (Wildman–Crippen LogP) is 7.12. The number of aromatic nitrogens is 2. The molecule has 6 heteroatoms. The zero-order valence-corrected chi connectivity index (χ0v) is 22.0. The maximum Gasteiger partial charge on any atom is 0.155 e. The molecule has 0 saturated heterocycles. The van der Waals surface area contributed by atoms with Crippen LogP contribution < -0.4 is 0 Å². The predicted molar refractivity (Wildman–Crippen MR) is 133 cm³/mol. The van der Waals surface area contributed by atoms with Gasteiger partial charge in [0.15, 0.2) is 5.78 Å². The summed E-state index contributed by atoms with van der Waals surface area (Å²) < 4.78 is 1.25. The maximum atomic E-state index is 10.0. The van der Waals surface area contributed by atoms with E-state index in [4.69, 9.17) is 5.11 Å². The Kier molecular flexibility index (Phi) is 7.75. The largest absolute Gasteiger partial charge is 0.512 e. The number of fused-ring (bicyclic) bond motifs is 4. The standard InChI is InChI=1S/C22H15N2S.C5H8O2.Ir/c1-13-7-14(2)9-17(8-13)21-20-18-10-15-5-3-4-6-16(15)11-19(18)25-22(20)24-12-23-21;1-4(6)3-5(2)7;/h3-8,10-12H,1-2H3;3,6H,1-2H3;/q-1;;/b;4-3-;. The number of nitrogens with zero attached hydrogens (tertiary/aromatic N) is 2. The van der Waals surface area contributed by atoms with E-state index in [-0.39, 0.29) is 31.6 Å². The Bertz CT molecular complexity index is 1480. The number of carbonyl (C=O) groups excluding carboxylic acids is 1. The minimum atomic E-state index is -0.125. The van der Waals surface area contributed by atoms with Gasteiger partial charge in [-0.3, -0.25) is 9.78 Å². The van der Waals surface area contributed by atoms with Crippen LogP contribution in [0.25, 0.3) is 42.3 Å². The summed E-state index contributed by atoms with van der Waals surface area (Å²) in [5, 5.41) is 13.2. The number of carbonyl (C=O) groups is 1. The van der Waals surface area contributed by atoms with Crippen molar-refractivity contribution in [3.05, 3.63) is 83.9 Å². The molecule has 5 aromatic rings. The number of aliphatic hydroxyl groups excluding tert-OH is 1. The van der Waals surface area contributed by atoms with E-state index in [1.807, 2.05) is 0 Å². The van der Waals surface area contributed by atoms with Crippen molar-refractivity contribution in [2.75, 3.05) is 0 Å². The summed E-state index contributed by atoms with van der Waals surface area (Å²) in [6.45, 7) is 7.04. The van der Waals surface area contributed by atoms with Crippen molar-refractivity contribution in [3.8, 4) is 11.3 Å². The van der Waals surface area contributed by atoms with E-state index in [0.29, 0.717) is 0 Å². The first-order chi connectivity index (χ1) is 15.3. The van der Waals surface area contributed by atoms with Crippen molar-refractivity contribution in [2.24, 2.45) is 0 Å². The fraction of sp³-hybridized carbons (Fsp3) is 0.148. The fourth-order valence-corrected chi connectivity index (χ4v) is 4.89. The molecule has 0 aliphatic rings. The molecule has 0 aliphatic heterocycles. The van der Waals surface area contributed by atoms with Crippen LogP contribution in [-0.4, -0.2) is 20.9 Å². The number of allylic oxidation sites excluding steroid dienone is 2. The van der Waals surface area contributed by atoms with Gasteiger partial charge in [-0.25, -0.2) is 4.98 Å². The van der Waals surface area contributed by atoms with E-state index in [1.54, 1.807) is 17.7 Å². The van der Waals surface area contributed by atoms with E-state index in [2.05, 4.69) is 78.4 Å². The molecule has 0 saturated carbocycles. The van der Waals surface area contributed by atoms with Crippen LogP contribution in [0.15, 0.2) is 66.7 Å². The van der Waals surface area contributed by atoms with Gasteiger partial charge in [0, 0.05) is 42.0 Å². The summed E-state index contributed by atoms with van der Waals surface area (Å²) in [6.07, 6.45) is 2.83. The zero-order valence-electron chi connectivity index (χ0n) is 18.8. The Hall–Kier alpha value is -2.92. The Morgan fingerprint density at radius 2 is 1.73 bits per heavy atom. The summed E-state index contributed by atoms with van der Waals surface area (Å²) in [4.78, 5) is 20.2. The second kappa shape index (κ2) is 10.3. The molecule has 2 aromatic heterocycles. The molecule has 0 atom stereocenters. The van der Waals surface area contributed by atoms with Gasteiger partial charge in [0.1, 0.15) is 11.2 Å². The molecular formula is C27H23IrN2O2S-. The molecule has 4 nitrogen and oxygen atoms in total. The average Bonchev–Trinajstić information content (AvgIpc) is 3.08. The quantitative estimate of drug-likeness (QED) is 0.128. The monoisotopic (exact) mass is 632 g/mol. The third kappa shape index (κ3) is 5.53. The molecule has 3 aromatic carbocycles. The molecule has 1 radical (unpaired) electrons. The van der Waals surface area contributed by atoms with E-state index < -0.39 is 0 Å². The van der Waals surface area contributed by atoms with Crippen molar-refractivity contribution >= 4 is 48.2 Å². The normalized spacial score (nSPS) is 11.2. The van der Waals surface area contributed by atoms with Crippen LogP contribution in [0.5, 0.6) is 0 Å². The maximum absolute atomic E-state index is 10.0. The third-order valence-electron chi connectivity index (χ3n) is 4.95. The van der Waals surface area contributed by atoms with E-state index in [0.717, 1.165) is 27.0 Å². The molecule has 0 amide bonds. The second-order valence-corrected chi connectivity index (χ2v) is 8.88. The van der Waals surface area contributed by atoms with Gasteiger partial charge in [0.25, 0.3) is 0 Å². The number of aryl methyl sites for hydroxylation is 2. The zero-order chi connectivity index (χ0) is 22.8. The van der Waals surface area contributed by atoms with Crippen LogP contribution in [0, 0.1) is 19.9 Å². The van der Waals surface area contributed by atoms with Crippen LogP contribution in [0.2, 0.25) is 0 Å². The van der Waals surface area contributed by atoms with Gasteiger partial charge >= 0.3 is 0 Å². The van der Waals surface area contributed by atoms with Crippen LogP contribution in [-0.2, 0) is 24.9 Å². The van der Waals surface area contributed by atoms with Crippen molar-refractivity contribution in [1.82, 2.24) is 9.97 Å². The molecular weight excluding hydrogens is 609 g/mol. The number of aliphatic hydroxyl groups is 1. The number of benzene rings is 3. The van der Waals surface area contributed by atoms with Gasteiger partial charge in [-0.05, 0) is 42.1 Å². The molecule has 0 unspecified atom stereocenters. The molecule has 2 heterocycles. The van der Waals surface area contributed by atoms with Gasteiger partial charge in [-0.15, -0.1) is 46.2 Å². The fourth-order valence-electron chi connectivity index (χ4n) is 3.81. The first kappa shape index (κ1) is 24.7. The van der Waals surface area contributed by atoms with Gasteiger partial charge in [-0.1, -0.05) is 38.1 Å². The number of ketones is 1. The van der Waals surface area contributed by atoms with Crippen molar-refractivity contribution in [1.29, 1.82) is 0 Å². The van der Waals surface area contributed by atoms with Crippen LogP contribution in [0.3, 0.4) is 0 Å². The summed E-state index contributed by atoms with van der Waals surface area (Å²) in [5.41, 5.74) is 4.37. The van der Waals surface area contributed by atoms with Crippen molar-refractivity contribution in [2.45, 2.75) is 27.7 Å². The number of hydrogen-bond acceptors (Lipinski definition) is 5.